The van der Waals surface area contributed by atoms with Crippen LogP contribution in [0.5, 0.6) is 0 Å². The molecule has 7 heteroatoms. The number of halogens is 1. The first-order valence-corrected chi connectivity index (χ1v) is 7.33. The van der Waals surface area contributed by atoms with Crippen molar-refractivity contribution in [3.63, 3.8) is 0 Å². The largest absolute Gasteiger partial charge is 0.373 e. The lowest BCUT2D eigenvalue weighted by Gasteiger charge is -2.10. The summed E-state index contributed by atoms with van der Waals surface area (Å²) in [7, 11) is -2.22. The van der Waals surface area contributed by atoms with Gasteiger partial charge < -0.3 is 5.32 Å². The third kappa shape index (κ3) is 3.05. The molecule has 0 atom stereocenters. The van der Waals surface area contributed by atoms with E-state index in [1.165, 1.54) is 30.5 Å². The molecule has 0 saturated carbocycles. The van der Waals surface area contributed by atoms with Crippen molar-refractivity contribution in [1.82, 2.24) is 4.98 Å². The number of benzene rings is 1. The fraction of sp³-hybridized carbons (Fsp3) is 0.154. The summed E-state index contributed by atoms with van der Waals surface area (Å²) in [5, 5.41) is 2.74. The lowest BCUT2D eigenvalue weighted by molar-refractivity contribution is 0.598. The van der Waals surface area contributed by atoms with E-state index in [4.69, 9.17) is 0 Å². The molecule has 0 radical (unpaired) electrons. The first-order chi connectivity index (χ1) is 9.42. The van der Waals surface area contributed by atoms with Crippen LogP contribution in [0.2, 0.25) is 0 Å². The van der Waals surface area contributed by atoms with Crippen molar-refractivity contribution in [2.45, 2.75) is 11.8 Å². The SMILES string of the molecule is CNc1cc(S(=O)(=O)Nc2ccc(C)cc2F)ccn1. The number of hydrogen-bond donors (Lipinski definition) is 2. The Bertz CT molecular complexity index is 732. The molecule has 5 nitrogen and oxygen atoms in total. The summed E-state index contributed by atoms with van der Waals surface area (Å²) in [6.45, 7) is 1.73. The van der Waals surface area contributed by atoms with Crippen molar-refractivity contribution >= 4 is 21.5 Å². The monoisotopic (exact) mass is 295 g/mol. The van der Waals surface area contributed by atoms with Gasteiger partial charge in [0.05, 0.1) is 10.6 Å². The molecule has 1 aromatic carbocycles. The fourth-order valence-corrected chi connectivity index (χ4v) is 2.70. The Labute approximate surface area is 116 Å². The van der Waals surface area contributed by atoms with E-state index >= 15 is 0 Å². The second kappa shape index (κ2) is 5.46. The summed E-state index contributed by atoms with van der Waals surface area (Å²) in [5.41, 5.74) is 0.630. The minimum atomic E-state index is -3.85. The number of sulfonamides is 1. The molecule has 0 fully saturated rings. The van der Waals surface area contributed by atoms with Gasteiger partial charge in [-0.3, -0.25) is 4.72 Å². The highest BCUT2D eigenvalue weighted by atomic mass is 32.2. The van der Waals surface area contributed by atoms with E-state index in [2.05, 4.69) is 15.0 Å². The number of nitrogens with one attached hydrogen (secondary N) is 2. The second-order valence-corrected chi connectivity index (χ2v) is 5.90. The lowest BCUT2D eigenvalue weighted by atomic mass is 10.2. The molecule has 1 heterocycles. The van der Waals surface area contributed by atoms with Crippen LogP contribution in [0.4, 0.5) is 15.9 Å². The van der Waals surface area contributed by atoms with Gasteiger partial charge in [-0.05, 0) is 30.7 Å². The molecule has 2 aromatic rings. The Hall–Kier alpha value is -2.15. The van der Waals surface area contributed by atoms with Crippen molar-refractivity contribution in [3.05, 3.63) is 47.9 Å². The molecule has 0 saturated heterocycles. The predicted octanol–water partition coefficient (Wildman–Crippen LogP) is 2.37. The predicted molar refractivity (Wildman–Crippen MR) is 75.7 cm³/mol. The van der Waals surface area contributed by atoms with E-state index in [9.17, 15) is 12.8 Å². The van der Waals surface area contributed by atoms with Gasteiger partial charge in [-0.15, -0.1) is 0 Å². The highest BCUT2D eigenvalue weighted by Gasteiger charge is 2.16. The van der Waals surface area contributed by atoms with Gasteiger partial charge in [-0.2, -0.15) is 0 Å². The van der Waals surface area contributed by atoms with E-state index in [1.54, 1.807) is 20.0 Å². The van der Waals surface area contributed by atoms with Crippen LogP contribution in [0.15, 0.2) is 41.4 Å². The standard InChI is InChI=1S/C13H14FN3O2S/c1-9-3-4-12(11(14)7-9)17-20(18,19)10-5-6-16-13(8-10)15-2/h3-8,17H,1-2H3,(H,15,16). The second-order valence-electron chi connectivity index (χ2n) is 4.22. The van der Waals surface area contributed by atoms with Crippen LogP contribution in [0, 0.1) is 12.7 Å². The first kappa shape index (κ1) is 14.3. The first-order valence-electron chi connectivity index (χ1n) is 5.85. The molecule has 2 N–H and O–H groups in total. The third-order valence-electron chi connectivity index (χ3n) is 2.67. The normalized spacial score (nSPS) is 11.2. The minimum Gasteiger partial charge on any atom is -0.373 e. The summed E-state index contributed by atoms with van der Waals surface area (Å²) < 4.78 is 40.3. The maximum absolute atomic E-state index is 13.7. The van der Waals surface area contributed by atoms with Crippen LogP contribution in [0.3, 0.4) is 0 Å². The van der Waals surface area contributed by atoms with Crippen molar-refractivity contribution in [2.24, 2.45) is 0 Å². The van der Waals surface area contributed by atoms with Gasteiger partial charge in [-0.1, -0.05) is 6.07 Å². The van der Waals surface area contributed by atoms with Gasteiger partial charge in [0.15, 0.2) is 0 Å². The van der Waals surface area contributed by atoms with Crippen LogP contribution in [0.1, 0.15) is 5.56 Å². The number of anilines is 2. The summed E-state index contributed by atoms with van der Waals surface area (Å²) in [4.78, 5) is 3.94. The van der Waals surface area contributed by atoms with Gasteiger partial charge >= 0.3 is 0 Å². The number of aryl methyl sites for hydroxylation is 1. The van der Waals surface area contributed by atoms with Gasteiger partial charge in [0.1, 0.15) is 11.6 Å². The minimum absolute atomic E-state index is 0.0109. The zero-order valence-electron chi connectivity index (χ0n) is 11.0. The van der Waals surface area contributed by atoms with Crippen LogP contribution >= 0.6 is 0 Å². The molecule has 20 heavy (non-hydrogen) atoms. The maximum atomic E-state index is 13.7. The van der Waals surface area contributed by atoms with E-state index < -0.39 is 15.8 Å². The van der Waals surface area contributed by atoms with E-state index in [0.717, 1.165) is 0 Å². The molecule has 106 valence electrons. The molecule has 1 aromatic heterocycles. The highest BCUT2D eigenvalue weighted by Crippen LogP contribution is 2.20. The lowest BCUT2D eigenvalue weighted by Crippen LogP contribution is -2.14. The van der Waals surface area contributed by atoms with Gasteiger partial charge in [0, 0.05) is 19.3 Å². The Morgan fingerprint density at radius 1 is 1.20 bits per heavy atom. The van der Waals surface area contributed by atoms with Gasteiger partial charge in [-0.25, -0.2) is 17.8 Å². The van der Waals surface area contributed by atoms with E-state index in [1.807, 2.05) is 0 Å². The number of pyridine rings is 1. The Morgan fingerprint density at radius 3 is 2.60 bits per heavy atom. The quantitative estimate of drug-likeness (QED) is 0.908. The Kier molecular flexibility index (Phi) is 3.89. The topological polar surface area (TPSA) is 71.1 Å². The van der Waals surface area contributed by atoms with Crippen LogP contribution < -0.4 is 10.0 Å². The summed E-state index contributed by atoms with van der Waals surface area (Å²) >= 11 is 0. The summed E-state index contributed by atoms with van der Waals surface area (Å²) in [6, 6.07) is 7.00. The molecule has 0 spiro atoms. The van der Waals surface area contributed by atoms with Gasteiger partial charge in [0.25, 0.3) is 10.0 Å². The molecule has 0 aliphatic carbocycles. The van der Waals surface area contributed by atoms with Crippen LogP contribution in [-0.4, -0.2) is 20.4 Å². The average molecular weight is 295 g/mol. The molecule has 2 rings (SSSR count). The van der Waals surface area contributed by atoms with Crippen molar-refractivity contribution in [2.75, 3.05) is 17.1 Å². The number of rotatable bonds is 4. The van der Waals surface area contributed by atoms with Crippen LogP contribution in [0.25, 0.3) is 0 Å². The Morgan fingerprint density at radius 2 is 1.95 bits per heavy atom. The van der Waals surface area contributed by atoms with Crippen molar-refractivity contribution in [1.29, 1.82) is 0 Å². The fourth-order valence-electron chi connectivity index (χ4n) is 1.62. The molecular weight excluding hydrogens is 281 g/mol. The zero-order chi connectivity index (χ0) is 14.8. The van der Waals surface area contributed by atoms with Crippen molar-refractivity contribution < 1.29 is 12.8 Å². The number of nitrogens with zero attached hydrogens (tertiary/aromatic N) is 1. The molecule has 0 unspecified atom stereocenters. The highest BCUT2D eigenvalue weighted by molar-refractivity contribution is 7.92. The zero-order valence-corrected chi connectivity index (χ0v) is 11.8. The Balaban J connectivity index is 2.35. The van der Waals surface area contributed by atoms with E-state index in [0.29, 0.717) is 11.4 Å². The molecule has 0 aliphatic rings. The van der Waals surface area contributed by atoms with Gasteiger partial charge in [0.2, 0.25) is 0 Å². The van der Waals surface area contributed by atoms with Crippen LogP contribution in [-0.2, 0) is 10.0 Å². The molecule has 0 bridgehead atoms. The maximum Gasteiger partial charge on any atom is 0.262 e. The smallest absolute Gasteiger partial charge is 0.262 e. The van der Waals surface area contributed by atoms with Crippen molar-refractivity contribution in [3.8, 4) is 0 Å². The average Bonchev–Trinajstić information content (AvgIpc) is 2.42. The summed E-state index contributed by atoms with van der Waals surface area (Å²) in [6.07, 6.45) is 1.37. The third-order valence-corrected chi connectivity index (χ3v) is 4.03. The van der Waals surface area contributed by atoms with E-state index in [-0.39, 0.29) is 10.6 Å². The summed E-state index contributed by atoms with van der Waals surface area (Å²) in [5.74, 6) is -0.200. The molecule has 0 amide bonds. The molecule has 0 aliphatic heterocycles. The number of aromatic nitrogens is 1. The molecular formula is C13H14FN3O2S. The number of hydrogen-bond acceptors (Lipinski definition) is 4.